The highest BCUT2D eigenvalue weighted by atomic mass is 16.2. The Hall–Kier alpha value is -4.12. The number of anilines is 1. The Morgan fingerprint density at radius 2 is 2.06 bits per heavy atom. The van der Waals surface area contributed by atoms with Gasteiger partial charge in [-0.3, -0.25) is 9.89 Å². The SMILES string of the molecule is C=CC(=O)N1CC2(CCN(c3nc4c(ccn4C)c(-c4c(C)ccc5[nH]ncc45)c3C#N)C2)C1. The van der Waals surface area contributed by atoms with Crippen molar-refractivity contribution in [2.45, 2.75) is 13.3 Å². The summed E-state index contributed by atoms with van der Waals surface area (Å²) >= 11 is 0. The molecule has 0 bridgehead atoms. The van der Waals surface area contributed by atoms with Gasteiger partial charge in [0, 0.05) is 61.2 Å². The Labute approximate surface area is 197 Å². The van der Waals surface area contributed by atoms with Gasteiger partial charge >= 0.3 is 0 Å². The maximum Gasteiger partial charge on any atom is 0.245 e. The summed E-state index contributed by atoms with van der Waals surface area (Å²) in [5.74, 6) is 0.702. The minimum Gasteiger partial charge on any atom is -0.355 e. The zero-order valence-electron chi connectivity index (χ0n) is 19.3. The third-order valence-corrected chi connectivity index (χ3v) is 7.47. The van der Waals surface area contributed by atoms with E-state index in [0.29, 0.717) is 5.56 Å². The molecule has 0 radical (unpaired) electrons. The molecule has 8 nitrogen and oxygen atoms in total. The molecule has 1 spiro atoms. The quantitative estimate of drug-likeness (QED) is 0.481. The maximum atomic E-state index is 12.0. The van der Waals surface area contributed by atoms with E-state index in [1.54, 1.807) is 0 Å². The van der Waals surface area contributed by atoms with Gasteiger partial charge in [-0.05, 0) is 42.7 Å². The van der Waals surface area contributed by atoms with Crippen molar-refractivity contribution >= 4 is 33.7 Å². The first kappa shape index (κ1) is 20.5. The van der Waals surface area contributed by atoms with Gasteiger partial charge in [0.05, 0.1) is 11.7 Å². The van der Waals surface area contributed by atoms with Gasteiger partial charge in [0.15, 0.2) is 0 Å². The summed E-state index contributed by atoms with van der Waals surface area (Å²) < 4.78 is 2.01. The number of hydrogen-bond donors (Lipinski definition) is 1. The largest absolute Gasteiger partial charge is 0.355 e. The average Bonchev–Trinajstić information content (AvgIpc) is 3.55. The van der Waals surface area contributed by atoms with Gasteiger partial charge in [0.1, 0.15) is 23.1 Å². The highest BCUT2D eigenvalue weighted by Crippen LogP contribution is 2.45. The first-order chi connectivity index (χ1) is 16.4. The smallest absolute Gasteiger partial charge is 0.245 e. The second-order valence-electron chi connectivity index (χ2n) is 9.62. The summed E-state index contributed by atoms with van der Waals surface area (Å²) in [4.78, 5) is 21.1. The maximum absolute atomic E-state index is 12.0. The van der Waals surface area contributed by atoms with E-state index >= 15 is 0 Å². The molecule has 1 N–H and O–H groups in total. The van der Waals surface area contributed by atoms with Crippen LogP contribution in [-0.4, -0.2) is 56.7 Å². The number of aromatic nitrogens is 4. The summed E-state index contributed by atoms with van der Waals surface area (Å²) in [6.45, 7) is 8.71. The fraction of sp³-hybridized carbons (Fsp3) is 0.308. The molecule has 2 saturated heterocycles. The number of aromatic amines is 1. The Balaban J connectivity index is 1.51. The van der Waals surface area contributed by atoms with E-state index in [2.05, 4.69) is 40.7 Å². The van der Waals surface area contributed by atoms with E-state index < -0.39 is 0 Å². The average molecular weight is 452 g/mol. The molecule has 0 aliphatic carbocycles. The summed E-state index contributed by atoms with van der Waals surface area (Å²) in [7, 11) is 1.98. The standard InChI is InChI=1S/C26H25N7O/c1-4-21(34)33-14-26(15-33)8-10-32(13-26)25-18(11-27)23(17-7-9-31(3)24(17)29-25)22-16(2)5-6-20-19(22)12-28-30-20/h4-7,9,12H,1,8,10,13-15H2,2-3H3,(H,28,30). The van der Waals surface area contributed by atoms with Crippen LogP contribution < -0.4 is 4.90 Å². The van der Waals surface area contributed by atoms with Crippen LogP contribution in [0, 0.1) is 23.7 Å². The van der Waals surface area contributed by atoms with Crippen LogP contribution >= 0.6 is 0 Å². The number of carbonyl (C=O) groups excluding carboxylic acids is 1. The number of carbonyl (C=O) groups is 1. The number of aryl methyl sites for hydroxylation is 2. The number of benzene rings is 1. The molecule has 0 atom stereocenters. The van der Waals surface area contributed by atoms with Gasteiger partial charge in [-0.15, -0.1) is 0 Å². The highest BCUT2D eigenvalue weighted by Gasteiger charge is 2.49. The molecular formula is C26H25N7O. The Morgan fingerprint density at radius 3 is 2.82 bits per heavy atom. The van der Waals surface area contributed by atoms with Crippen molar-refractivity contribution in [3.63, 3.8) is 0 Å². The predicted octanol–water partition coefficient (Wildman–Crippen LogP) is 3.52. The molecular weight excluding hydrogens is 426 g/mol. The zero-order chi connectivity index (χ0) is 23.6. The van der Waals surface area contributed by atoms with Crippen molar-refractivity contribution < 1.29 is 4.79 Å². The van der Waals surface area contributed by atoms with Gasteiger partial charge in [0.2, 0.25) is 5.91 Å². The monoisotopic (exact) mass is 451 g/mol. The Morgan fingerprint density at radius 1 is 1.24 bits per heavy atom. The number of nitrogens with zero attached hydrogens (tertiary/aromatic N) is 6. The molecule has 8 heteroatoms. The second kappa shape index (κ2) is 7.19. The lowest BCUT2D eigenvalue weighted by atomic mass is 9.79. The minimum atomic E-state index is -0.0175. The van der Waals surface area contributed by atoms with Crippen molar-refractivity contribution in [1.82, 2.24) is 24.6 Å². The Kier molecular flexibility index (Phi) is 4.33. The molecule has 4 aromatic rings. The van der Waals surface area contributed by atoms with Gasteiger partial charge in [-0.2, -0.15) is 10.4 Å². The number of nitriles is 1. The van der Waals surface area contributed by atoms with Crippen LogP contribution in [-0.2, 0) is 11.8 Å². The Bertz CT molecular complexity index is 1530. The van der Waals surface area contributed by atoms with Crippen LogP contribution in [0.25, 0.3) is 33.1 Å². The second-order valence-corrected chi connectivity index (χ2v) is 9.62. The number of hydrogen-bond acceptors (Lipinski definition) is 5. The van der Waals surface area contributed by atoms with E-state index in [-0.39, 0.29) is 11.3 Å². The van der Waals surface area contributed by atoms with E-state index in [1.165, 1.54) is 6.08 Å². The number of rotatable bonds is 3. The van der Waals surface area contributed by atoms with Gasteiger partial charge in [0.25, 0.3) is 0 Å². The molecule has 2 aliphatic heterocycles. The number of amides is 1. The van der Waals surface area contributed by atoms with Crippen molar-refractivity contribution in [3.05, 3.63) is 54.4 Å². The molecule has 0 saturated carbocycles. The minimum absolute atomic E-state index is 0.0175. The molecule has 0 unspecified atom stereocenters. The lowest BCUT2D eigenvalue weighted by Crippen LogP contribution is -2.59. The van der Waals surface area contributed by atoms with Crippen LogP contribution in [0.1, 0.15) is 17.5 Å². The third kappa shape index (κ3) is 2.80. The summed E-state index contributed by atoms with van der Waals surface area (Å²) in [6.07, 6.45) is 6.17. The van der Waals surface area contributed by atoms with Crippen molar-refractivity contribution in [1.29, 1.82) is 5.26 Å². The third-order valence-electron chi connectivity index (χ3n) is 7.47. The molecule has 1 aromatic carbocycles. The number of pyridine rings is 1. The first-order valence-electron chi connectivity index (χ1n) is 11.4. The molecule has 170 valence electrons. The lowest BCUT2D eigenvalue weighted by molar-refractivity contribution is -0.136. The van der Waals surface area contributed by atoms with E-state index in [9.17, 15) is 10.1 Å². The molecule has 1 amide bonds. The number of nitrogens with one attached hydrogen (secondary N) is 1. The highest BCUT2D eigenvalue weighted by molar-refractivity contribution is 6.07. The van der Waals surface area contributed by atoms with Gasteiger partial charge < -0.3 is 14.4 Å². The van der Waals surface area contributed by atoms with E-state index in [4.69, 9.17) is 4.98 Å². The summed E-state index contributed by atoms with van der Waals surface area (Å²) in [5.41, 5.74) is 5.44. The zero-order valence-corrected chi connectivity index (χ0v) is 19.3. The topological polar surface area (TPSA) is 93.8 Å². The number of fused-ring (bicyclic) bond motifs is 2. The molecule has 2 aliphatic rings. The predicted molar refractivity (Wildman–Crippen MR) is 131 cm³/mol. The molecule has 5 heterocycles. The van der Waals surface area contributed by atoms with Crippen LogP contribution in [0.3, 0.4) is 0 Å². The van der Waals surface area contributed by atoms with Crippen LogP contribution in [0.4, 0.5) is 5.82 Å². The van der Waals surface area contributed by atoms with Crippen LogP contribution in [0.5, 0.6) is 0 Å². The molecule has 3 aromatic heterocycles. The van der Waals surface area contributed by atoms with Crippen molar-refractivity contribution in [3.8, 4) is 17.2 Å². The van der Waals surface area contributed by atoms with E-state index in [1.807, 2.05) is 41.0 Å². The first-order valence-corrected chi connectivity index (χ1v) is 11.4. The van der Waals surface area contributed by atoms with E-state index in [0.717, 1.165) is 77.0 Å². The van der Waals surface area contributed by atoms with Crippen molar-refractivity contribution in [2.24, 2.45) is 12.5 Å². The van der Waals surface area contributed by atoms with Gasteiger partial charge in [-0.25, -0.2) is 4.98 Å². The fourth-order valence-corrected chi connectivity index (χ4v) is 5.73. The van der Waals surface area contributed by atoms with Crippen LogP contribution in [0.15, 0.2) is 43.2 Å². The summed E-state index contributed by atoms with van der Waals surface area (Å²) in [5, 5.41) is 19.7. The molecule has 2 fully saturated rings. The number of likely N-dealkylation sites (tertiary alicyclic amines) is 1. The van der Waals surface area contributed by atoms with Crippen molar-refractivity contribution in [2.75, 3.05) is 31.1 Å². The number of H-pyrrole nitrogens is 1. The van der Waals surface area contributed by atoms with Crippen LogP contribution in [0.2, 0.25) is 0 Å². The lowest BCUT2D eigenvalue weighted by Gasteiger charge is -2.47. The molecule has 34 heavy (non-hydrogen) atoms. The van der Waals surface area contributed by atoms with Gasteiger partial charge in [-0.1, -0.05) is 12.6 Å². The summed E-state index contributed by atoms with van der Waals surface area (Å²) in [6, 6.07) is 8.63. The normalized spacial score (nSPS) is 16.9. The molecule has 6 rings (SSSR count). The fourth-order valence-electron chi connectivity index (χ4n) is 5.73.